The average molecular weight is 369 g/mol. The Morgan fingerprint density at radius 2 is 2.00 bits per heavy atom. The quantitative estimate of drug-likeness (QED) is 0.784. The summed E-state index contributed by atoms with van der Waals surface area (Å²) in [5.41, 5.74) is 1.81. The lowest BCUT2D eigenvalue weighted by atomic mass is 10.1. The number of hydrogen-bond acceptors (Lipinski definition) is 5. The molecule has 8 heteroatoms. The molecule has 24 heavy (non-hydrogen) atoms. The molecule has 6 nitrogen and oxygen atoms in total. The van der Waals surface area contributed by atoms with Crippen LogP contribution in [0.1, 0.15) is 26.6 Å². The van der Waals surface area contributed by atoms with Gasteiger partial charge in [-0.15, -0.1) is 11.3 Å². The van der Waals surface area contributed by atoms with Crippen LogP contribution < -0.4 is 10.1 Å². The number of carbonyl (C=O) groups is 2. The van der Waals surface area contributed by atoms with Gasteiger partial charge in [-0.3, -0.25) is 4.79 Å². The normalized spacial score (nSPS) is 10.5. The van der Waals surface area contributed by atoms with Gasteiger partial charge < -0.3 is 15.2 Å². The standard InChI is InChI=1S/C16H17ClN2O4S/c1-9-5-11(6-10(2)15(9)17)23-7-13(20)18-4-3-14-19-12(8-24-14)16(21)22/h5-6,8H,3-4,7H2,1-2H3,(H,18,20)(H,21,22). The lowest BCUT2D eigenvalue weighted by molar-refractivity contribution is -0.123. The topological polar surface area (TPSA) is 88.5 Å². The highest BCUT2D eigenvalue weighted by Gasteiger charge is 2.09. The van der Waals surface area contributed by atoms with Crippen LogP contribution in [0.15, 0.2) is 17.5 Å². The number of ether oxygens (including phenoxy) is 1. The van der Waals surface area contributed by atoms with Gasteiger partial charge in [0.05, 0.1) is 5.01 Å². The number of carboxylic acid groups (broad SMARTS) is 1. The third-order valence-corrected chi connectivity index (χ3v) is 4.72. The maximum Gasteiger partial charge on any atom is 0.355 e. The van der Waals surface area contributed by atoms with Crippen molar-refractivity contribution in [3.63, 3.8) is 0 Å². The number of aryl methyl sites for hydroxylation is 2. The molecule has 1 heterocycles. The number of carbonyl (C=O) groups excluding carboxylic acids is 1. The fraction of sp³-hybridized carbons (Fsp3) is 0.312. The predicted molar refractivity (Wildman–Crippen MR) is 92.2 cm³/mol. The highest BCUT2D eigenvalue weighted by molar-refractivity contribution is 7.09. The number of nitrogens with one attached hydrogen (secondary N) is 1. The molecule has 1 aromatic heterocycles. The van der Waals surface area contributed by atoms with Gasteiger partial charge in [-0.25, -0.2) is 9.78 Å². The first-order valence-electron chi connectivity index (χ1n) is 7.20. The van der Waals surface area contributed by atoms with Crippen LogP contribution in [0.25, 0.3) is 0 Å². The number of aromatic carboxylic acids is 1. The number of thiazole rings is 1. The summed E-state index contributed by atoms with van der Waals surface area (Å²) in [6.45, 7) is 4.02. The van der Waals surface area contributed by atoms with E-state index in [4.69, 9.17) is 21.4 Å². The van der Waals surface area contributed by atoms with E-state index in [0.29, 0.717) is 28.7 Å². The Balaban J connectivity index is 1.76. The summed E-state index contributed by atoms with van der Waals surface area (Å²) in [7, 11) is 0. The number of nitrogens with zero attached hydrogens (tertiary/aromatic N) is 1. The molecule has 1 aromatic carbocycles. The van der Waals surface area contributed by atoms with Crippen LogP contribution in [0.4, 0.5) is 0 Å². The molecular formula is C16H17ClN2O4S. The van der Waals surface area contributed by atoms with E-state index in [2.05, 4.69) is 10.3 Å². The summed E-state index contributed by atoms with van der Waals surface area (Å²) < 4.78 is 5.46. The van der Waals surface area contributed by atoms with E-state index >= 15 is 0 Å². The summed E-state index contributed by atoms with van der Waals surface area (Å²) in [6, 6.07) is 3.57. The summed E-state index contributed by atoms with van der Waals surface area (Å²) in [5, 5.41) is 14.3. The smallest absolute Gasteiger partial charge is 0.355 e. The molecule has 2 aromatic rings. The van der Waals surface area contributed by atoms with Crippen LogP contribution in [-0.2, 0) is 11.2 Å². The van der Waals surface area contributed by atoms with Gasteiger partial charge in [0.2, 0.25) is 0 Å². The number of halogens is 1. The first-order chi connectivity index (χ1) is 11.4. The third-order valence-electron chi connectivity index (χ3n) is 3.21. The zero-order valence-corrected chi connectivity index (χ0v) is 14.8. The molecule has 0 aliphatic heterocycles. The Kier molecular flexibility index (Phi) is 6.16. The highest BCUT2D eigenvalue weighted by atomic mass is 35.5. The van der Waals surface area contributed by atoms with Crippen molar-refractivity contribution < 1.29 is 19.4 Å². The van der Waals surface area contributed by atoms with Crippen molar-refractivity contribution in [1.82, 2.24) is 10.3 Å². The third kappa shape index (κ3) is 4.94. The highest BCUT2D eigenvalue weighted by Crippen LogP contribution is 2.25. The first-order valence-corrected chi connectivity index (χ1v) is 8.46. The number of carboxylic acids is 1. The van der Waals surface area contributed by atoms with E-state index in [9.17, 15) is 9.59 Å². The number of amides is 1. The Bertz CT molecular complexity index is 737. The van der Waals surface area contributed by atoms with E-state index in [1.165, 1.54) is 16.7 Å². The van der Waals surface area contributed by atoms with Crippen molar-refractivity contribution >= 4 is 34.8 Å². The van der Waals surface area contributed by atoms with Gasteiger partial charge in [0, 0.05) is 23.4 Å². The molecule has 0 fully saturated rings. The Labute approximate surface area is 148 Å². The van der Waals surface area contributed by atoms with Gasteiger partial charge in [-0.1, -0.05) is 11.6 Å². The van der Waals surface area contributed by atoms with Gasteiger partial charge in [-0.05, 0) is 37.1 Å². The molecule has 0 radical (unpaired) electrons. The van der Waals surface area contributed by atoms with Crippen LogP contribution in [0, 0.1) is 13.8 Å². The summed E-state index contributed by atoms with van der Waals surface area (Å²) >= 11 is 7.34. The van der Waals surface area contributed by atoms with Crippen LogP contribution in [0.5, 0.6) is 5.75 Å². The van der Waals surface area contributed by atoms with Gasteiger partial charge in [0.1, 0.15) is 5.75 Å². The average Bonchev–Trinajstić information content (AvgIpc) is 2.99. The summed E-state index contributed by atoms with van der Waals surface area (Å²) in [6.07, 6.45) is 0.475. The minimum absolute atomic E-state index is 0.0261. The van der Waals surface area contributed by atoms with E-state index in [1.54, 1.807) is 12.1 Å². The second-order valence-corrected chi connectivity index (χ2v) is 6.51. The molecule has 2 N–H and O–H groups in total. The van der Waals surface area contributed by atoms with Gasteiger partial charge >= 0.3 is 5.97 Å². The number of hydrogen-bond donors (Lipinski definition) is 2. The molecule has 0 aliphatic carbocycles. The van der Waals surface area contributed by atoms with E-state index in [0.717, 1.165) is 11.1 Å². The molecule has 0 aliphatic rings. The Morgan fingerprint density at radius 3 is 2.58 bits per heavy atom. The van der Waals surface area contributed by atoms with Gasteiger partial charge in [0.15, 0.2) is 12.3 Å². The fourth-order valence-corrected chi connectivity index (χ4v) is 2.90. The SMILES string of the molecule is Cc1cc(OCC(=O)NCCc2nc(C(=O)O)cs2)cc(C)c1Cl. The molecule has 1 amide bonds. The fourth-order valence-electron chi connectivity index (χ4n) is 2.02. The molecule has 0 atom stereocenters. The molecular weight excluding hydrogens is 352 g/mol. The maximum atomic E-state index is 11.8. The minimum atomic E-state index is -1.05. The lowest BCUT2D eigenvalue weighted by Crippen LogP contribution is -2.30. The molecule has 2 rings (SSSR count). The van der Waals surface area contributed by atoms with Crippen molar-refractivity contribution in [2.45, 2.75) is 20.3 Å². The Morgan fingerprint density at radius 1 is 1.33 bits per heavy atom. The van der Waals surface area contributed by atoms with E-state index in [-0.39, 0.29) is 18.2 Å². The van der Waals surface area contributed by atoms with Crippen molar-refractivity contribution in [2.75, 3.05) is 13.2 Å². The Hall–Kier alpha value is -2.12. The largest absolute Gasteiger partial charge is 0.484 e. The second kappa shape index (κ2) is 8.12. The molecule has 128 valence electrons. The zero-order chi connectivity index (χ0) is 17.7. The van der Waals surface area contributed by atoms with Crippen LogP contribution >= 0.6 is 22.9 Å². The lowest BCUT2D eigenvalue weighted by Gasteiger charge is -2.10. The van der Waals surface area contributed by atoms with Crippen molar-refractivity contribution in [3.8, 4) is 5.75 Å². The summed E-state index contributed by atoms with van der Waals surface area (Å²) in [4.78, 5) is 26.5. The zero-order valence-electron chi connectivity index (χ0n) is 13.3. The molecule has 0 unspecified atom stereocenters. The number of benzene rings is 1. The molecule has 0 spiro atoms. The van der Waals surface area contributed by atoms with Crippen molar-refractivity contribution in [1.29, 1.82) is 0 Å². The van der Waals surface area contributed by atoms with Gasteiger partial charge in [0.25, 0.3) is 5.91 Å². The molecule has 0 bridgehead atoms. The van der Waals surface area contributed by atoms with Gasteiger partial charge in [-0.2, -0.15) is 0 Å². The van der Waals surface area contributed by atoms with Crippen LogP contribution in [-0.4, -0.2) is 35.1 Å². The summed E-state index contributed by atoms with van der Waals surface area (Å²) in [5.74, 6) is -0.714. The predicted octanol–water partition coefficient (Wildman–Crippen LogP) is 2.85. The van der Waals surface area contributed by atoms with Crippen molar-refractivity contribution in [3.05, 3.63) is 44.4 Å². The van der Waals surface area contributed by atoms with E-state index in [1.807, 2.05) is 13.8 Å². The maximum absolute atomic E-state index is 11.8. The van der Waals surface area contributed by atoms with Crippen molar-refractivity contribution in [2.24, 2.45) is 0 Å². The van der Waals surface area contributed by atoms with Crippen LogP contribution in [0.3, 0.4) is 0 Å². The first kappa shape index (κ1) is 18.2. The monoisotopic (exact) mass is 368 g/mol. The minimum Gasteiger partial charge on any atom is -0.484 e. The number of aromatic nitrogens is 1. The van der Waals surface area contributed by atoms with E-state index < -0.39 is 5.97 Å². The number of rotatable bonds is 7. The molecule has 0 saturated heterocycles. The molecule has 0 saturated carbocycles. The van der Waals surface area contributed by atoms with Crippen LogP contribution in [0.2, 0.25) is 5.02 Å². The second-order valence-electron chi connectivity index (χ2n) is 5.19.